The molecule has 238 valence electrons. The Morgan fingerprint density at radius 1 is 1.14 bits per heavy atom. The summed E-state index contributed by atoms with van der Waals surface area (Å²) in [5.41, 5.74) is 4.44. The third-order valence-corrected chi connectivity index (χ3v) is 7.28. The van der Waals surface area contributed by atoms with E-state index in [0.717, 1.165) is 31.2 Å². The van der Waals surface area contributed by atoms with Gasteiger partial charge in [0.2, 0.25) is 5.91 Å². The number of nitrogens with two attached hydrogens (primary N) is 1. The summed E-state index contributed by atoms with van der Waals surface area (Å²) in [5.74, 6) is -4.87. The van der Waals surface area contributed by atoms with E-state index in [1.165, 1.54) is 0 Å². The van der Waals surface area contributed by atoms with Crippen LogP contribution in [-0.2, 0) is 35.1 Å². The normalized spacial score (nSPS) is 23.4. The number of nitrogens with one attached hydrogen (secondary N) is 3. The Morgan fingerprint density at radius 2 is 1.79 bits per heavy atom. The van der Waals surface area contributed by atoms with Crippen molar-refractivity contribution in [3.8, 4) is 0 Å². The van der Waals surface area contributed by atoms with Gasteiger partial charge in [0.1, 0.15) is 29.7 Å². The highest BCUT2D eigenvalue weighted by atomic mass is 19.4. The van der Waals surface area contributed by atoms with Crippen molar-refractivity contribution >= 4 is 42.0 Å². The van der Waals surface area contributed by atoms with Crippen LogP contribution in [0.5, 0.6) is 0 Å². The summed E-state index contributed by atoms with van der Waals surface area (Å²) in [7, 11) is 0. The predicted octanol–water partition coefficient (Wildman–Crippen LogP) is 1.89. The quantitative estimate of drug-likeness (QED) is 0.0944. The van der Waals surface area contributed by atoms with Gasteiger partial charge in [0, 0.05) is 6.42 Å². The van der Waals surface area contributed by atoms with Crippen LogP contribution in [0.25, 0.3) is 0 Å². The first-order chi connectivity index (χ1) is 20.1. The lowest BCUT2D eigenvalue weighted by atomic mass is 9.78. The number of carbonyl (C=O) groups excluding carboxylic acids is 5. The Kier molecular flexibility index (Phi) is 12.0. The van der Waals surface area contributed by atoms with E-state index in [2.05, 4.69) is 16.0 Å². The predicted molar refractivity (Wildman–Crippen MR) is 147 cm³/mol. The molecule has 43 heavy (non-hydrogen) atoms. The van der Waals surface area contributed by atoms with E-state index in [0.29, 0.717) is 30.4 Å². The number of hydrogen-bond acceptors (Lipinski definition) is 9. The molecule has 0 spiro atoms. The van der Waals surface area contributed by atoms with Gasteiger partial charge < -0.3 is 35.8 Å². The molecule has 3 unspecified atom stereocenters. The third kappa shape index (κ3) is 8.38. The molecule has 12 nitrogen and oxygen atoms in total. The van der Waals surface area contributed by atoms with Crippen LogP contribution < -0.4 is 21.7 Å². The van der Waals surface area contributed by atoms with Crippen molar-refractivity contribution in [3.63, 3.8) is 0 Å². The number of amides is 2. The van der Waals surface area contributed by atoms with Gasteiger partial charge in [-0.15, -0.1) is 0 Å². The number of aliphatic carboxylic acids is 1. The Hall–Kier alpha value is -3.85. The summed E-state index contributed by atoms with van der Waals surface area (Å²) < 4.78 is 37.1. The highest BCUT2D eigenvalue weighted by molar-refractivity contribution is 6.10. The van der Waals surface area contributed by atoms with Crippen LogP contribution in [0.1, 0.15) is 68.8 Å². The van der Waals surface area contributed by atoms with Crippen LogP contribution in [0.15, 0.2) is 18.2 Å². The highest BCUT2D eigenvalue weighted by Crippen LogP contribution is 2.48. The van der Waals surface area contributed by atoms with Gasteiger partial charge in [0.25, 0.3) is 5.91 Å². The molecule has 1 aromatic rings. The number of carbonyl (C=O) groups is 6. The second kappa shape index (κ2) is 14.6. The average molecular weight is 615 g/mol. The number of benzene rings is 1. The number of alkyl halides is 3. The minimum Gasteiger partial charge on any atom is -0.475 e. The molecule has 2 aliphatic rings. The standard InChI is InChI=1S/C26H36N4O6.C2HF3O2/c1-16(2)36-24(35)26(25(15-32,30-26)10-12-31)17(3)13-21-23(34)28-20-9-8-18(7-5-4-6-11-27)14-19(20)22(33)29-21;3-2(4,5)1(6)7/h8-9,12,14-17,21,30H,4-7,10-11,13,27H2,1-3H3,(H,28,34)(H,29,33);(H,6,7)/t17?,21?,25?,26-;/m0./s1. The zero-order valence-corrected chi connectivity index (χ0v) is 24.1. The number of ether oxygens (including phenoxy) is 1. The lowest BCUT2D eigenvalue weighted by molar-refractivity contribution is -0.192. The van der Waals surface area contributed by atoms with E-state index in [4.69, 9.17) is 20.4 Å². The molecule has 1 aromatic carbocycles. The number of fused-ring (bicyclic) bond motifs is 1. The third-order valence-electron chi connectivity index (χ3n) is 7.28. The second-order valence-electron chi connectivity index (χ2n) is 10.8. The molecule has 15 heteroatoms. The van der Waals surface area contributed by atoms with E-state index in [1.54, 1.807) is 32.9 Å². The second-order valence-corrected chi connectivity index (χ2v) is 10.8. The van der Waals surface area contributed by atoms with Crippen molar-refractivity contribution in [3.05, 3.63) is 29.3 Å². The maximum absolute atomic E-state index is 13.1. The number of aryl methyl sites for hydroxylation is 1. The lowest BCUT2D eigenvalue weighted by Crippen LogP contribution is -2.49. The van der Waals surface area contributed by atoms with Gasteiger partial charge in [-0.1, -0.05) is 19.4 Å². The van der Waals surface area contributed by atoms with Gasteiger partial charge in [0.15, 0.2) is 0 Å². The number of esters is 1. The Labute approximate surface area is 246 Å². The topological polar surface area (TPSA) is 204 Å². The van der Waals surface area contributed by atoms with E-state index in [9.17, 15) is 37.1 Å². The van der Waals surface area contributed by atoms with Crippen molar-refractivity contribution < 1.29 is 51.8 Å². The molecule has 1 saturated heterocycles. The molecular formula is C28H37F3N4O8. The lowest BCUT2D eigenvalue weighted by Gasteiger charge is -2.27. The SMILES string of the molecule is CC(C)OC(=O)[C@]1(C(C)CC2NC(=O)c3cc(CCCCCN)ccc3NC2=O)NC1(C=O)CC=O.O=C(O)C(F)(F)F. The highest BCUT2D eigenvalue weighted by Gasteiger charge is 2.75. The summed E-state index contributed by atoms with van der Waals surface area (Å²) >= 11 is 0. The van der Waals surface area contributed by atoms with Gasteiger partial charge in [0.05, 0.1) is 17.4 Å². The van der Waals surface area contributed by atoms with Crippen molar-refractivity contribution in [1.82, 2.24) is 10.6 Å². The van der Waals surface area contributed by atoms with Gasteiger partial charge >= 0.3 is 18.1 Å². The molecular weight excluding hydrogens is 577 g/mol. The summed E-state index contributed by atoms with van der Waals surface area (Å²) in [4.78, 5) is 71.3. The van der Waals surface area contributed by atoms with Gasteiger partial charge in [-0.05, 0) is 69.7 Å². The number of unbranched alkanes of at least 4 members (excludes halogenated alkanes) is 2. The van der Waals surface area contributed by atoms with E-state index in [-0.39, 0.29) is 12.8 Å². The smallest absolute Gasteiger partial charge is 0.475 e. The van der Waals surface area contributed by atoms with E-state index < -0.39 is 59.1 Å². The summed E-state index contributed by atoms with van der Waals surface area (Å²) in [6, 6.07) is 4.44. The first-order valence-electron chi connectivity index (χ1n) is 13.7. The fourth-order valence-electron chi connectivity index (χ4n) is 5.05. The van der Waals surface area contributed by atoms with Crippen LogP contribution >= 0.6 is 0 Å². The van der Waals surface area contributed by atoms with Crippen LogP contribution in [0, 0.1) is 5.92 Å². The minimum absolute atomic E-state index is 0.0478. The number of carboxylic acids is 1. The average Bonchev–Trinajstić information content (AvgIpc) is 3.62. The number of anilines is 1. The maximum atomic E-state index is 13.1. The van der Waals surface area contributed by atoms with Crippen LogP contribution in [-0.4, -0.2) is 77.4 Å². The zero-order chi connectivity index (χ0) is 32.6. The van der Waals surface area contributed by atoms with Crippen molar-refractivity contribution in [1.29, 1.82) is 0 Å². The number of halogens is 3. The van der Waals surface area contributed by atoms with Crippen molar-refractivity contribution in [2.45, 2.75) is 88.7 Å². The summed E-state index contributed by atoms with van der Waals surface area (Å²) in [6.07, 6.45) is -0.874. The fraction of sp³-hybridized carbons (Fsp3) is 0.571. The van der Waals surface area contributed by atoms with E-state index in [1.807, 2.05) is 6.07 Å². The molecule has 3 rings (SSSR count). The molecule has 6 N–H and O–H groups in total. The van der Waals surface area contributed by atoms with Gasteiger partial charge in [-0.3, -0.25) is 14.9 Å². The Bertz CT molecular complexity index is 1220. The molecule has 4 atom stereocenters. The van der Waals surface area contributed by atoms with Gasteiger partial charge in [-0.25, -0.2) is 9.59 Å². The van der Waals surface area contributed by atoms with Crippen molar-refractivity contribution in [2.24, 2.45) is 11.7 Å². The molecule has 2 heterocycles. The van der Waals surface area contributed by atoms with E-state index >= 15 is 0 Å². The Balaban J connectivity index is 0.000000821. The van der Waals surface area contributed by atoms with Crippen LogP contribution in [0.4, 0.5) is 18.9 Å². The Morgan fingerprint density at radius 3 is 2.33 bits per heavy atom. The fourth-order valence-corrected chi connectivity index (χ4v) is 5.05. The minimum atomic E-state index is -5.08. The number of hydrogen-bond donors (Lipinski definition) is 5. The number of aldehydes is 2. The summed E-state index contributed by atoms with van der Waals surface area (Å²) in [5, 5.41) is 15.6. The molecule has 0 saturated carbocycles. The molecule has 0 radical (unpaired) electrons. The largest absolute Gasteiger partial charge is 0.490 e. The maximum Gasteiger partial charge on any atom is 0.490 e. The monoisotopic (exact) mass is 614 g/mol. The van der Waals surface area contributed by atoms with Gasteiger partial charge in [-0.2, -0.15) is 13.2 Å². The first-order valence-corrected chi connectivity index (χ1v) is 13.7. The summed E-state index contributed by atoms with van der Waals surface area (Å²) in [6.45, 7) is 5.71. The molecule has 0 aliphatic carbocycles. The zero-order valence-electron chi connectivity index (χ0n) is 24.1. The molecule has 2 aliphatic heterocycles. The molecule has 0 aromatic heterocycles. The van der Waals surface area contributed by atoms with Crippen molar-refractivity contribution in [2.75, 3.05) is 11.9 Å². The molecule has 0 bridgehead atoms. The van der Waals surface area contributed by atoms with Crippen LogP contribution in [0.3, 0.4) is 0 Å². The number of rotatable bonds is 13. The molecule has 2 amide bonds. The number of carboxylic acid groups (broad SMARTS) is 1. The first kappa shape index (κ1) is 35.3. The van der Waals surface area contributed by atoms with Crippen LogP contribution in [0.2, 0.25) is 0 Å². The molecule has 1 fully saturated rings.